The number of nitrogen functional groups attached to an aromatic ring is 1. The van der Waals surface area contributed by atoms with Crippen molar-refractivity contribution in [3.05, 3.63) is 47.4 Å². The molecule has 0 radical (unpaired) electrons. The second-order valence-corrected chi connectivity index (χ2v) is 8.78. The molecule has 1 aliphatic heterocycles. The van der Waals surface area contributed by atoms with Gasteiger partial charge in [0.1, 0.15) is 29.0 Å². The van der Waals surface area contributed by atoms with Crippen LogP contribution >= 0.6 is 0 Å². The summed E-state index contributed by atoms with van der Waals surface area (Å²) >= 11 is 0. The summed E-state index contributed by atoms with van der Waals surface area (Å²) in [7, 11) is 1.83. The zero-order valence-electron chi connectivity index (χ0n) is 19.5. The van der Waals surface area contributed by atoms with Crippen molar-refractivity contribution in [1.29, 1.82) is 0 Å². The van der Waals surface area contributed by atoms with Crippen molar-refractivity contribution in [2.45, 2.75) is 38.6 Å². The number of hydrogen-bond acceptors (Lipinski definition) is 7. The standard InChI is InChI=1S/C24H25F3N6O2/c1-12(14-6-15(24(25,26)27)8-16(28)7-14)30-23-18-9-20(35-17-4-5-34-11-17)22-19(10-29-33(22)3)21(18)31-13(2)32-23/h6-10,12,17H,4-5,11,28H2,1-3H3,(H,30,31,32)/t12-,17?/m1/s1. The van der Waals surface area contributed by atoms with E-state index >= 15 is 0 Å². The van der Waals surface area contributed by atoms with Crippen molar-refractivity contribution >= 4 is 33.3 Å². The Bertz CT molecular complexity index is 1410. The van der Waals surface area contributed by atoms with Crippen molar-refractivity contribution in [3.63, 3.8) is 0 Å². The van der Waals surface area contributed by atoms with Crippen molar-refractivity contribution in [2.75, 3.05) is 24.3 Å². The highest BCUT2D eigenvalue weighted by molar-refractivity contribution is 6.10. The number of rotatable bonds is 5. The average molecular weight is 486 g/mol. The number of nitrogens with zero attached hydrogens (tertiary/aromatic N) is 4. The van der Waals surface area contributed by atoms with Gasteiger partial charge < -0.3 is 20.5 Å². The molecule has 0 amide bonds. The molecule has 8 nitrogen and oxygen atoms in total. The molecule has 0 spiro atoms. The third kappa shape index (κ3) is 4.43. The third-order valence-electron chi connectivity index (χ3n) is 6.10. The summed E-state index contributed by atoms with van der Waals surface area (Å²) in [6.07, 6.45) is -2.08. The number of alkyl halides is 3. The summed E-state index contributed by atoms with van der Waals surface area (Å²) in [4.78, 5) is 9.20. The van der Waals surface area contributed by atoms with Crippen LogP contribution in [0.5, 0.6) is 5.75 Å². The predicted octanol–water partition coefficient (Wildman–Crippen LogP) is 4.77. The molecule has 1 saturated heterocycles. The van der Waals surface area contributed by atoms with Crippen LogP contribution in [0.4, 0.5) is 24.7 Å². The molecule has 0 aliphatic carbocycles. The summed E-state index contributed by atoms with van der Waals surface area (Å²) in [5, 5.41) is 9.13. The monoisotopic (exact) mass is 486 g/mol. The van der Waals surface area contributed by atoms with Gasteiger partial charge in [0.05, 0.1) is 41.9 Å². The zero-order chi connectivity index (χ0) is 24.9. The number of fused-ring (bicyclic) bond motifs is 3. The number of nitrogens with two attached hydrogens (primary N) is 1. The van der Waals surface area contributed by atoms with Gasteiger partial charge in [0, 0.05) is 24.5 Å². The molecular formula is C24H25F3N6O2. The first kappa shape index (κ1) is 23.2. The SMILES string of the molecule is Cc1nc(N[C@H](C)c2cc(N)cc(C(F)(F)F)c2)c2cc(OC3CCOC3)c3c(cnn3C)c2n1. The van der Waals surface area contributed by atoms with Crippen molar-refractivity contribution in [1.82, 2.24) is 19.7 Å². The minimum atomic E-state index is -4.50. The van der Waals surface area contributed by atoms with E-state index in [1.54, 1.807) is 24.7 Å². The summed E-state index contributed by atoms with van der Waals surface area (Å²) in [5.74, 6) is 1.61. The zero-order valence-corrected chi connectivity index (χ0v) is 19.5. The van der Waals surface area contributed by atoms with Gasteiger partial charge in [-0.15, -0.1) is 0 Å². The molecule has 4 aromatic rings. The number of halogens is 3. The van der Waals surface area contributed by atoms with Crippen LogP contribution in [0.3, 0.4) is 0 Å². The van der Waals surface area contributed by atoms with E-state index in [1.165, 1.54) is 6.07 Å². The number of hydrogen-bond donors (Lipinski definition) is 2. The minimum Gasteiger partial charge on any atom is -0.486 e. The van der Waals surface area contributed by atoms with Gasteiger partial charge in [-0.05, 0) is 43.7 Å². The Balaban J connectivity index is 1.60. The Hall–Kier alpha value is -3.60. The number of nitrogens with one attached hydrogen (secondary N) is 1. The molecule has 2 aromatic carbocycles. The third-order valence-corrected chi connectivity index (χ3v) is 6.10. The highest BCUT2D eigenvalue weighted by Crippen LogP contribution is 2.38. The van der Waals surface area contributed by atoms with Gasteiger partial charge in [-0.1, -0.05) is 0 Å². The fourth-order valence-corrected chi connectivity index (χ4v) is 4.39. The van der Waals surface area contributed by atoms with Crippen LogP contribution in [-0.4, -0.2) is 39.1 Å². The van der Waals surface area contributed by atoms with E-state index in [2.05, 4.69) is 20.4 Å². The molecule has 11 heteroatoms. The lowest BCUT2D eigenvalue weighted by Gasteiger charge is -2.20. The molecule has 3 N–H and O–H groups in total. The molecule has 1 fully saturated rings. The van der Waals surface area contributed by atoms with E-state index in [4.69, 9.17) is 15.2 Å². The van der Waals surface area contributed by atoms with Gasteiger partial charge in [-0.25, -0.2) is 9.97 Å². The van der Waals surface area contributed by atoms with Gasteiger partial charge in [-0.2, -0.15) is 18.3 Å². The van der Waals surface area contributed by atoms with Gasteiger partial charge in [0.2, 0.25) is 0 Å². The van der Waals surface area contributed by atoms with Crippen LogP contribution in [-0.2, 0) is 18.0 Å². The largest absolute Gasteiger partial charge is 0.486 e. The second kappa shape index (κ2) is 8.56. The summed E-state index contributed by atoms with van der Waals surface area (Å²) in [5.41, 5.74) is 6.89. The Kier molecular flexibility index (Phi) is 5.66. The van der Waals surface area contributed by atoms with E-state index in [1.807, 2.05) is 13.1 Å². The summed E-state index contributed by atoms with van der Waals surface area (Å²) in [6.45, 7) is 4.66. The highest BCUT2D eigenvalue weighted by Gasteiger charge is 2.31. The molecule has 35 heavy (non-hydrogen) atoms. The van der Waals surface area contributed by atoms with Crippen molar-refractivity contribution in [3.8, 4) is 5.75 Å². The van der Waals surface area contributed by atoms with E-state index in [0.717, 1.165) is 29.5 Å². The lowest BCUT2D eigenvalue weighted by atomic mass is 10.0. The first-order valence-electron chi connectivity index (χ1n) is 11.2. The van der Waals surface area contributed by atoms with E-state index in [0.29, 0.717) is 47.1 Å². The number of anilines is 2. The molecule has 5 rings (SSSR count). The highest BCUT2D eigenvalue weighted by atomic mass is 19.4. The molecule has 3 heterocycles. The molecule has 0 bridgehead atoms. The van der Waals surface area contributed by atoms with Crippen molar-refractivity contribution < 1.29 is 22.6 Å². The van der Waals surface area contributed by atoms with E-state index in [-0.39, 0.29) is 11.8 Å². The number of aromatic nitrogens is 4. The fourth-order valence-electron chi connectivity index (χ4n) is 4.39. The van der Waals surface area contributed by atoms with Gasteiger partial charge in [-0.3, -0.25) is 4.68 Å². The molecule has 0 saturated carbocycles. The summed E-state index contributed by atoms with van der Waals surface area (Å²) < 4.78 is 53.5. The Morgan fingerprint density at radius 1 is 1.20 bits per heavy atom. The molecule has 1 aliphatic rings. The molecule has 2 aromatic heterocycles. The normalized spacial score (nSPS) is 17.3. The van der Waals surface area contributed by atoms with Crippen LogP contribution in [0.2, 0.25) is 0 Å². The first-order valence-corrected chi connectivity index (χ1v) is 11.2. The minimum absolute atomic E-state index is 0.0405. The topological polar surface area (TPSA) is 100 Å². The molecule has 2 atom stereocenters. The van der Waals surface area contributed by atoms with Crippen LogP contribution in [0.1, 0.15) is 36.3 Å². The quantitative estimate of drug-likeness (QED) is 0.392. The Morgan fingerprint density at radius 3 is 2.71 bits per heavy atom. The lowest BCUT2D eigenvalue weighted by molar-refractivity contribution is -0.137. The second-order valence-electron chi connectivity index (χ2n) is 8.78. The van der Waals surface area contributed by atoms with Gasteiger partial charge >= 0.3 is 6.18 Å². The molecular weight excluding hydrogens is 461 g/mol. The number of benzene rings is 2. The maximum Gasteiger partial charge on any atom is 0.416 e. The van der Waals surface area contributed by atoms with Crippen LogP contribution in [0, 0.1) is 6.92 Å². The summed E-state index contributed by atoms with van der Waals surface area (Å²) in [6, 6.07) is 4.88. The molecule has 184 valence electrons. The lowest BCUT2D eigenvalue weighted by Crippen LogP contribution is -2.16. The Morgan fingerprint density at radius 2 is 2.00 bits per heavy atom. The van der Waals surface area contributed by atoms with E-state index < -0.39 is 17.8 Å². The smallest absolute Gasteiger partial charge is 0.416 e. The predicted molar refractivity (Wildman–Crippen MR) is 126 cm³/mol. The average Bonchev–Trinajstić information content (AvgIpc) is 3.43. The fraction of sp³-hybridized carbons (Fsp3) is 0.375. The van der Waals surface area contributed by atoms with Crippen molar-refractivity contribution in [2.24, 2.45) is 7.05 Å². The van der Waals surface area contributed by atoms with Crippen LogP contribution < -0.4 is 15.8 Å². The molecule has 1 unspecified atom stereocenters. The number of ether oxygens (including phenoxy) is 2. The van der Waals surface area contributed by atoms with Crippen LogP contribution in [0.25, 0.3) is 21.8 Å². The maximum absolute atomic E-state index is 13.3. The number of aryl methyl sites for hydroxylation is 2. The Labute approximate surface area is 199 Å². The van der Waals surface area contributed by atoms with Gasteiger partial charge in [0.15, 0.2) is 0 Å². The van der Waals surface area contributed by atoms with Crippen LogP contribution in [0.15, 0.2) is 30.5 Å². The van der Waals surface area contributed by atoms with E-state index in [9.17, 15) is 13.2 Å². The first-order chi connectivity index (χ1) is 16.6. The maximum atomic E-state index is 13.3. The van der Waals surface area contributed by atoms with Gasteiger partial charge in [0.25, 0.3) is 0 Å².